The molecule has 0 fully saturated rings. The van der Waals surface area contributed by atoms with Crippen LogP contribution in [-0.4, -0.2) is 4.98 Å². The molecule has 0 aliphatic heterocycles. The Kier molecular flexibility index (Phi) is 3.86. The highest BCUT2D eigenvalue weighted by atomic mass is 35.5. The van der Waals surface area contributed by atoms with Gasteiger partial charge in [-0.15, -0.1) is 0 Å². The summed E-state index contributed by atoms with van der Waals surface area (Å²) in [5, 5.41) is 2.57. The van der Waals surface area contributed by atoms with Gasteiger partial charge in [0.1, 0.15) is 5.82 Å². The summed E-state index contributed by atoms with van der Waals surface area (Å²) in [7, 11) is 0. The van der Waals surface area contributed by atoms with Crippen molar-refractivity contribution in [3.05, 3.63) is 76.8 Å². The smallest absolute Gasteiger partial charge is 0.126 e. The summed E-state index contributed by atoms with van der Waals surface area (Å²) in [6, 6.07) is 14.0. The van der Waals surface area contributed by atoms with Crippen molar-refractivity contribution in [3.8, 4) is 0 Å². The Morgan fingerprint density at radius 3 is 2.81 bits per heavy atom. The third-order valence-electron chi connectivity index (χ3n) is 3.50. The van der Waals surface area contributed by atoms with E-state index in [1.54, 1.807) is 12.3 Å². The first-order chi connectivity index (χ1) is 10.1. The predicted octanol–water partition coefficient (Wildman–Crippen LogP) is 4.27. The summed E-state index contributed by atoms with van der Waals surface area (Å²) in [4.78, 5) is 4.37. The van der Waals surface area contributed by atoms with Crippen LogP contribution in [0.25, 0.3) is 10.8 Å². The van der Waals surface area contributed by atoms with Crippen LogP contribution in [0.1, 0.15) is 17.3 Å². The van der Waals surface area contributed by atoms with Crippen LogP contribution in [0.5, 0.6) is 0 Å². The highest BCUT2D eigenvalue weighted by Crippen LogP contribution is 2.25. The van der Waals surface area contributed by atoms with Crippen molar-refractivity contribution in [1.82, 2.24) is 4.98 Å². The van der Waals surface area contributed by atoms with Crippen molar-refractivity contribution in [2.45, 2.75) is 12.5 Å². The molecule has 0 bridgehead atoms. The number of nitrogens with two attached hydrogens (primary N) is 1. The largest absolute Gasteiger partial charge is 0.322 e. The minimum atomic E-state index is -0.385. The molecule has 0 radical (unpaired) electrons. The highest BCUT2D eigenvalue weighted by Gasteiger charge is 2.14. The van der Waals surface area contributed by atoms with Crippen molar-refractivity contribution >= 4 is 22.4 Å². The SMILES string of the molecule is NC(Cc1cc(Cl)ccc1F)c1nccc2ccccc12. The number of benzene rings is 2. The quantitative estimate of drug-likeness (QED) is 0.784. The van der Waals surface area contributed by atoms with Crippen LogP contribution in [0.15, 0.2) is 54.7 Å². The topological polar surface area (TPSA) is 38.9 Å². The van der Waals surface area contributed by atoms with E-state index < -0.39 is 0 Å². The fourth-order valence-electron chi connectivity index (χ4n) is 2.47. The molecule has 2 N–H and O–H groups in total. The maximum atomic E-state index is 13.8. The Hall–Kier alpha value is -1.97. The van der Waals surface area contributed by atoms with Crippen LogP contribution in [0.4, 0.5) is 4.39 Å². The van der Waals surface area contributed by atoms with E-state index in [1.165, 1.54) is 12.1 Å². The number of pyridine rings is 1. The number of rotatable bonds is 3. The second-order valence-electron chi connectivity index (χ2n) is 4.96. The molecule has 2 aromatic carbocycles. The molecule has 4 heteroatoms. The van der Waals surface area contributed by atoms with Crippen molar-refractivity contribution in [2.75, 3.05) is 0 Å². The van der Waals surface area contributed by atoms with Crippen molar-refractivity contribution in [1.29, 1.82) is 0 Å². The summed E-state index contributed by atoms with van der Waals surface area (Å²) in [5.41, 5.74) is 7.52. The molecule has 3 rings (SSSR count). The highest BCUT2D eigenvalue weighted by molar-refractivity contribution is 6.30. The Labute approximate surface area is 127 Å². The molecular weight excluding hydrogens is 287 g/mol. The fraction of sp³-hybridized carbons (Fsp3) is 0.118. The lowest BCUT2D eigenvalue weighted by atomic mass is 9.99. The summed E-state index contributed by atoms with van der Waals surface area (Å²) in [5.74, 6) is -0.296. The summed E-state index contributed by atoms with van der Waals surface area (Å²) in [6.45, 7) is 0. The average molecular weight is 301 g/mol. The first-order valence-corrected chi connectivity index (χ1v) is 7.06. The molecule has 3 aromatic rings. The zero-order valence-electron chi connectivity index (χ0n) is 11.3. The Morgan fingerprint density at radius 1 is 1.14 bits per heavy atom. The Bertz CT molecular complexity index is 783. The first kappa shape index (κ1) is 14.0. The average Bonchev–Trinajstić information content (AvgIpc) is 2.50. The van der Waals surface area contributed by atoms with Gasteiger partial charge in [0.25, 0.3) is 0 Å². The number of aromatic nitrogens is 1. The van der Waals surface area contributed by atoms with Crippen LogP contribution in [0.2, 0.25) is 5.02 Å². The molecule has 2 nitrogen and oxygen atoms in total. The molecule has 106 valence electrons. The molecule has 1 unspecified atom stereocenters. The number of hydrogen-bond donors (Lipinski definition) is 1. The van der Waals surface area contributed by atoms with Gasteiger partial charge < -0.3 is 5.73 Å². The lowest BCUT2D eigenvalue weighted by Crippen LogP contribution is -2.16. The molecular formula is C17H14ClFN2. The lowest BCUT2D eigenvalue weighted by Gasteiger charge is -2.14. The number of hydrogen-bond acceptors (Lipinski definition) is 2. The van der Waals surface area contributed by atoms with E-state index in [0.29, 0.717) is 17.0 Å². The summed E-state index contributed by atoms with van der Waals surface area (Å²) >= 11 is 5.92. The van der Waals surface area contributed by atoms with Crippen molar-refractivity contribution in [3.63, 3.8) is 0 Å². The molecule has 0 saturated carbocycles. The van der Waals surface area contributed by atoms with Crippen LogP contribution in [0.3, 0.4) is 0 Å². The van der Waals surface area contributed by atoms with Gasteiger partial charge in [-0.3, -0.25) is 4.98 Å². The van der Waals surface area contributed by atoms with Crippen molar-refractivity contribution < 1.29 is 4.39 Å². The van der Waals surface area contributed by atoms with Crippen molar-refractivity contribution in [2.24, 2.45) is 5.73 Å². The number of fused-ring (bicyclic) bond motifs is 1. The molecule has 1 atom stereocenters. The zero-order chi connectivity index (χ0) is 14.8. The van der Waals surface area contributed by atoms with Gasteiger partial charge in [-0.1, -0.05) is 35.9 Å². The molecule has 1 aromatic heterocycles. The second kappa shape index (κ2) is 5.80. The van der Waals surface area contributed by atoms with Gasteiger partial charge in [0, 0.05) is 16.6 Å². The summed E-state index contributed by atoms with van der Waals surface area (Å²) in [6.07, 6.45) is 2.08. The zero-order valence-corrected chi connectivity index (χ0v) is 12.0. The minimum Gasteiger partial charge on any atom is -0.322 e. The first-order valence-electron chi connectivity index (χ1n) is 6.68. The van der Waals surface area contributed by atoms with Gasteiger partial charge in [-0.25, -0.2) is 4.39 Å². The Balaban J connectivity index is 1.97. The third-order valence-corrected chi connectivity index (χ3v) is 3.74. The second-order valence-corrected chi connectivity index (χ2v) is 5.40. The van der Waals surface area contributed by atoms with Crippen LogP contribution < -0.4 is 5.73 Å². The van der Waals surface area contributed by atoms with Crippen LogP contribution in [0, 0.1) is 5.82 Å². The standard InChI is InChI=1S/C17H14ClFN2/c18-13-5-6-15(19)12(9-13)10-16(20)17-14-4-2-1-3-11(14)7-8-21-17/h1-9,16H,10,20H2. The van der Waals surface area contributed by atoms with Gasteiger partial charge in [0.2, 0.25) is 0 Å². The van der Waals surface area contributed by atoms with E-state index in [9.17, 15) is 4.39 Å². The lowest BCUT2D eigenvalue weighted by molar-refractivity contribution is 0.591. The molecule has 0 spiro atoms. The number of halogens is 2. The molecule has 1 heterocycles. The van der Waals surface area contributed by atoms with Crippen LogP contribution in [-0.2, 0) is 6.42 Å². The van der Waals surface area contributed by atoms with Crippen LogP contribution >= 0.6 is 11.6 Å². The molecule has 0 aliphatic carbocycles. The predicted molar refractivity (Wildman–Crippen MR) is 83.8 cm³/mol. The molecule has 0 saturated heterocycles. The fourth-order valence-corrected chi connectivity index (χ4v) is 2.67. The normalized spacial score (nSPS) is 12.5. The minimum absolute atomic E-state index is 0.296. The van der Waals surface area contributed by atoms with E-state index in [1.807, 2.05) is 30.3 Å². The third kappa shape index (κ3) is 2.89. The van der Waals surface area contributed by atoms with Gasteiger partial charge in [-0.05, 0) is 41.6 Å². The van der Waals surface area contributed by atoms with Gasteiger partial charge in [0.05, 0.1) is 11.7 Å². The van der Waals surface area contributed by atoms with E-state index in [4.69, 9.17) is 17.3 Å². The summed E-state index contributed by atoms with van der Waals surface area (Å²) < 4.78 is 13.8. The molecule has 0 amide bonds. The maximum Gasteiger partial charge on any atom is 0.126 e. The Morgan fingerprint density at radius 2 is 1.95 bits per heavy atom. The van der Waals surface area contributed by atoms with E-state index in [-0.39, 0.29) is 11.9 Å². The van der Waals surface area contributed by atoms with E-state index >= 15 is 0 Å². The van der Waals surface area contributed by atoms with E-state index in [0.717, 1.165) is 16.5 Å². The van der Waals surface area contributed by atoms with Gasteiger partial charge >= 0.3 is 0 Å². The monoisotopic (exact) mass is 300 g/mol. The van der Waals surface area contributed by atoms with Gasteiger partial charge in [-0.2, -0.15) is 0 Å². The van der Waals surface area contributed by atoms with Gasteiger partial charge in [0.15, 0.2) is 0 Å². The van der Waals surface area contributed by atoms with E-state index in [2.05, 4.69) is 4.98 Å². The molecule has 21 heavy (non-hydrogen) atoms. The molecule has 0 aliphatic rings. The maximum absolute atomic E-state index is 13.8. The number of nitrogens with zero attached hydrogens (tertiary/aromatic N) is 1.